The molecule has 0 unspecified atom stereocenters. The Morgan fingerprint density at radius 3 is 2.43 bits per heavy atom. The number of aliphatic hydroxyl groups is 1. The maximum absolute atomic E-state index is 9.46. The van der Waals surface area contributed by atoms with Crippen LogP contribution in [0.3, 0.4) is 0 Å². The summed E-state index contributed by atoms with van der Waals surface area (Å²) in [6, 6.07) is 17.2. The van der Waals surface area contributed by atoms with Crippen LogP contribution in [-0.4, -0.2) is 19.9 Å². The number of ether oxygens (including phenoxy) is 1. The molecule has 0 spiro atoms. The molecule has 21 heavy (non-hydrogen) atoms. The summed E-state index contributed by atoms with van der Waals surface area (Å²) in [6.07, 6.45) is 1.11. The number of hydrogen-bond donors (Lipinski definition) is 1. The highest BCUT2D eigenvalue weighted by atomic mass is 16.5. The molecule has 0 radical (unpaired) electrons. The third-order valence-corrected chi connectivity index (χ3v) is 3.06. The van der Waals surface area contributed by atoms with Crippen molar-refractivity contribution in [1.29, 1.82) is 0 Å². The maximum Gasteiger partial charge on any atom is 0.341 e. The predicted molar refractivity (Wildman–Crippen MR) is 78.5 cm³/mol. The van der Waals surface area contributed by atoms with Gasteiger partial charge in [0.15, 0.2) is 0 Å². The zero-order chi connectivity index (χ0) is 14.7. The molecular formula is C16H15N3O2. The Morgan fingerprint density at radius 1 is 1.05 bits per heavy atom. The van der Waals surface area contributed by atoms with Crippen LogP contribution >= 0.6 is 0 Å². The Bertz CT molecular complexity index is 706. The van der Waals surface area contributed by atoms with E-state index in [-0.39, 0.29) is 6.01 Å². The van der Waals surface area contributed by atoms with Gasteiger partial charge in [-0.1, -0.05) is 30.3 Å². The zero-order valence-corrected chi connectivity index (χ0v) is 11.5. The lowest BCUT2D eigenvalue weighted by molar-refractivity contribution is 0.199. The van der Waals surface area contributed by atoms with E-state index in [2.05, 4.69) is 10.1 Å². The lowest BCUT2D eigenvalue weighted by Crippen LogP contribution is -1.95. The summed E-state index contributed by atoms with van der Waals surface area (Å²) in [5.41, 5.74) is 1.76. The standard InChI is InChI=1S/C16H15N3O2/c1-12(20)13-7-9-15(10-8-13)21-16-17-11-19(18-16)14-5-3-2-4-6-14/h2-12,20H,1H3/t12-/m1/s1. The SMILES string of the molecule is C[C@@H](O)c1ccc(Oc2ncn(-c3ccccc3)n2)cc1. The van der Waals surface area contributed by atoms with Crippen LogP contribution in [0, 0.1) is 0 Å². The van der Waals surface area contributed by atoms with Gasteiger partial charge >= 0.3 is 6.01 Å². The van der Waals surface area contributed by atoms with Crippen molar-refractivity contribution in [3.8, 4) is 17.4 Å². The second kappa shape index (κ2) is 5.76. The van der Waals surface area contributed by atoms with Crippen LogP contribution in [0.25, 0.3) is 5.69 Å². The van der Waals surface area contributed by atoms with Crippen molar-refractivity contribution in [3.63, 3.8) is 0 Å². The average molecular weight is 281 g/mol. The molecular weight excluding hydrogens is 266 g/mol. The van der Waals surface area contributed by atoms with Crippen LogP contribution in [0.15, 0.2) is 60.9 Å². The van der Waals surface area contributed by atoms with E-state index in [1.807, 2.05) is 42.5 Å². The van der Waals surface area contributed by atoms with Gasteiger partial charge in [-0.3, -0.25) is 0 Å². The fraction of sp³-hybridized carbons (Fsp3) is 0.125. The molecule has 1 aromatic heterocycles. The van der Waals surface area contributed by atoms with Crippen molar-refractivity contribution in [2.24, 2.45) is 0 Å². The molecule has 0 aliphatic carbocycles. The van der Waals surface area contributed by atoms with Gasteiger partial charge in [-0.05, 0) is 36.8 Å². The van der Waals surface area contributed by atoms with Crippen LogP contribution in [0.1, 0.15) is 18.6 Å². The zero-order valence-electron chi connectivity index (χ0n) is 11.5. The minimum Gasteiger partial charge on any atom is -0.423 e. The average Bonchev–Trinajstić information content (AvgIpc) is 2.97. The largest absolute Gasteiger partial charge is 0.423 e. The third kappa shape index (κ3) is 3.09. The van der Waals surface area contributed by atoms with Gasteiger partial charge in [0.2, 0.25) is 0 Å². The molecule has 0 bridgehead atoms. The minimum atomic E-state index is -0.491. The second-order valence-electron chi connectivity index (χ2n) is 4.65. The van der Waals surface area contributed by atoms with E-state index in [0.717, 1.165) is 11.3 Å². The van der Waals surface area contributed by atoms with E-state index in [1.54, 1.807) is 30.1 Å². The number of benzene rings is 2. The second-order valence-corrected chi connectivity index (χ2v) is 4.65. The van der Waals surface area contributed by atoms with E-state index in [1.165, 1.54) is 0 Å². The predicted octanol–water partition coefficient (Wildman–Crippen LogP) is 3.11. The molecule has 0 aliphatic rings. The first-order chi connectivity index (χ1) is 10.2. The summed E-state index contributed by atoms with van der Waals surface area (Å²) < 4.78 is 7.24. The van der Waals surface area contributed by atoms with E-state index in [9.17, 15) is 5.11 Å². The molecule has 3 rings (SSSR count). The van der Waals surface area contributed by atoms with Gasteiger partial charge in [0.1, 0.15) is 12.1 Å². The number of rotatable bonds is 4. The van der Waals surface area contributed by atoms with E-state index >= 15 is 0 Å². The number of hydrogen-bond acceptors (Lipinski definition) is 4. The molecule has 106 valence electrons. The quantitative estimate of drug-likeness (QED) is 0.798. The van der Waals surface area contributed by atoms with Crippen molar-refractivity contribution in [2.45, 2.75) is 13.0 Å². The molecule has 0 fully saturated rings. The molecule has 2 aromatic carbocycles. The first-order valence-electron chi connectivity index (χ1n) is 6.65. The normalized spacial score (nSPS) is 12.1. The van der Waals surface area contributed by atoms with Crippen LogP contribution in [0.5, 0.6) is 11.8 Å². The van der Waals surface area contributed by atoms with Crippen molar-refractivity contribution < 1.29 is 9.84 Å². The summed E-state index contributed by atoms with van der Waals surface area (Å²) in [4.78, 5) is 4.13. The van der Waals surface area contributed by atoms with E-state index < -0.39 is 6.10 Å². The van der Waals surface area contributed by atoms with Crippen LogP contribution in [0.4, 0.5) is 0 Å². The van der Waals surface area contributed by atoms with Crippen molar-refractivity contribution in [2.75, 3.05) is 0 Å². The smallest absolute Gasteiger partial charge is 0.341 e. The Balaban J connectivity index is 1.75. The monoisotopic (exact) mass is 281 g/mol. The molecule has 1 N–H and O–H groups in total. The fourth-order valence-electron chi connectivity index (χ4n) is 1.92. The van der Waals surface area contributed by atoms with E-state index in [4.69, 9.17) is 4.74 Å². The number of para-hydroxylation sites is 1. The Morgan fingerprint density at radius 2 is 1.76 bits per heavy atom. The molecule has 0 saturated heterocycles. The highest BCUT2D eigenvalue weighted by Gasteiger charge is 2.06. The van der Waals surface area contributed by atoms with Gasteiger partial charge in [0.25, 0.3) is 0 Å². The van der Waals surface area contributed by atoms with Crippen molar-refractivity contribution >= 4 is 0 Å². The number of aromatic nitrogens is 3. The summed E-state index contributed by atoms with van der Waals surface area (Å²) in [7, 11) is 0. The van der Waals surface area contributed by atoms with Gasteiger partial charge in [-0.25, -0.2) is 4.68 Å². The molecule has 5 nitrogen and oxygen atoms in total. The lowest BCUT2D eigenvalue weighted by atomic mass is 10.1. The topological polar surface area (TPSA) is 60.2 Å². The Hall–Kier alpha value is -2.66. The molecule has 3 aromatic rings. The Kier molecular flexibility index (Phi) is 3.66. The molecule has 0 saturated carbocycles. The fourth-order valence-corrected chi connectivity index (χ4v) is 1.92. The van der Waals surface area contributed by atoms with Crippen LogP contribution < -0.4 is 4.74 Å². The maximum atomic E-state index is 9.46. The van der Waals surface area contributed by atoms with Gasteiger partial charge in [0.05, 0.1) is 11.8 Å². The van der Waals surface area contributed by atoms with Gasteiger partial charge in [0, 0.05) is 0 Å². The van der Waals surface area contributed by atoms with Gasteiger partial charge in [-0.15, -0.1) is 5.10 Å². The van der Waals surface area contributed by atoms with Gasteiger partial charge < -0.3 is 9.84 Å². The summed E-state index contributed by atoms with van der Waals surface area (Å²) in [5.74, 6) is 0.630. The molecule has 1 atom stereocenters. The van der Waals surface area contributed by atoms with Crippen LogP contribution in [0.2, 0.25) is 0 Å². The van der Waals surface area contributed by atoms with Crippen LogP contribution in [-0.2, 0) is 0 Å². The molecule has 5 heteroatoms. The lowest BCUT2D eigenvalue weighted by Gasteiger charge is -2.05. The van der Waals surface area contributed by atoms with Crippen molar-refractivity contribution in [1.82, 2.24) is 14.8 Å². The highest BCUT2D eigenvalue weighted by molar-refractivity contribution is 5.31. The minimum absolute atomic E-state index is 0.281. The van der Waals surface area contributed by atoms with Crippen molar-refractivity contribution in [3.05, 3.63) is 66.5 Å². The number of aliphatic hydroxyl groups excluding tert-OH is 1. The first kappa shape index (κ1) is 13.3. The summed E-state index contributed by atoms with van der Waals surface area (Å²) >= 11 is 0. The summed E-state index contributed by atoms with van der Waals surface area (Å²) in [5, 5.41) is 13.7. The first-order valence-corrected chi connectivity index (χ1v) is 6.65. The molecule has 1 heterocycles. The molecule has 0 aliphatic heterocycles. The third-order valence-electron chi connectivity index (χ3n) is 3.06. The summed E-state index contributed by atoms with van der Waals surface area (Å²) in [6.45, 7) is 1.72. The highest BCUT2D eigenvalue weighted by Crippen LogP contribution is 2.21. The number of nitrogens with zero attached hydrogens (tertiary/aromatic N) is 3. The van der Waals surface area contributed by atoms with E-state index in [0.29, 0.717) is 5.75 Å². The Labute approximate surface area is 122 Å². The molecule has 0 amide bonds. The van der Waals surface area contributed by atoms with Gasteiger partial charge in [-0.2, -0.15) is 4.98 Å².